The van der Waals surface area contributed by atoms with E-state index in [0.29, 0.717) is 10.9 Å². The third-order valence-corrected chi connectivity index (χ3v) is 6.41. The van der Waals surface area contributed by atoms with Gasteiger partial charge in [-0.25, -0.2) is 18.8 Å². The summed E-state index contributed by atoms with van der Waals surface area (Å²) in [5.41, 5.74) is -2.66. The molecule has 0 aliphatic heterocycles. The van der Waals surface area contributed by atoms with E-state index in [0.717, 1.165) is 15.4 Å². The van der Waals surface area contributed by atoms with Gasteiger partial charge in [-0.15, -0.1) is 0 Å². The first-order valence-electron chi connectivity index (χ1n) is 15.5. The molecule has 0 unspecified atom stereocenters. The van der Waals surface area contributed by atoms with Gasteiger partial charge in [0.2, 0.25) is 0 Å². The van der Waals surface area contributed by atoms with Crippen LogP contribution in [-0.4, -0.2) is 65.4 Å². The van der Waals surface area contributed by atoms with Gasteiger partial charge in [0.15, 0.2) is 5.82 Å². The molecule has 0 spiro atoms. The van der Waals surface area contributed by atoms with Crippen LogP contribution in [0.2, 0.25) is 0 Å². The molecule has 0 radical (unpaired) electrons. The van der Waals surface area contributed by atoms with Crippen molar-refractivity contribution in [2.75, 3.05) is 0 Å². The average Bonchev–Trinajstić information content (AvgIpc) is 3.60. The highest BCUT2D eigenvalue weighted by Crippen LogP contribution is 2.39. The fourth-order valence-electron chi connectivity index (χ4n) is 4.83. The number of nitrogens with zero attached hydrogens (tertiary/aromatic N) is 4. The van der Waals surface area contributed by atoms with Crippen molar-refractivity contribution >= 4 is 35.1 Å². The number of carbonyl (C=O) groups is 4. The Bertz CT molecular complexity index is 1900. The third kappa shape index (κ3) is 8.12. The molecule has 0 atom stereocenters. The van der Waals surface area contributed by atoms with Crippen LogP contribution in [0.5, 0.6) is 0 Å². The Morgan fingerprint density at radius 3 is 1.75 bits per heavy atom. The summed E-state index contributed by atoms with van der Waals surface area (Å²) in [5, 5.41) is 7.51. The summed E-state index contributed by atoms with van der Waals surface area (Å²) >= 11 is 0. The zero-order chi connectivity index (χ0) is 36.1. The summed E-state index contributed by atoms with van der Waals surface area (Å²) in [4.78, 5) is 53.7. The van der Waals surface area contributed by atoms with Crippen LogP contribution in [0.15, 0.2) is 42.9 Å². The van der Waals surface area contributed by atoms with Crippen LogP contribution in [0, 0.1) is 5.82 Å². The molecule has 13 heteroatoms. The largest absolute Gasteiger partial charge is 0.443 e. The molecule has 0 saturated heterocycles. The zero-order valence-electron chi connectivity index (χ0n) is 29.6. The van der Waals surface area contributed by atoms with E-state index in [1.54, 1.807) is 80.5 Å². The van der Waals surface area contributed by atoms with Crippen molar-refractivity contribution in [2.24, 2.45) is 0 Å². The van der Waals surface area contributed by atoms with E-state index in [9.17, 15) is 19.2 Å². The minimum atomic E-state index is -0.907. The summed E-state index contributed by atoms with van der Waals surface area (Å²) in [5.74, 6) is -1.39. The van der Waals surface area contributed by atoms with Gasteiger partial charge in [0.25, 0.3) is 5.91 Å². The van der Waals surface area contributed by atoms with Crippen LogP contribution in [0.3, 0.4) is 0 Å². The summed E-state index contributed by atoms with van der Waals surface area (Å²) in [6, 6.07) is 6.21. The molecule has 1 aromatic carbocycles. The lowest BCUT2D eigenvalue weighted by Gasteiger charge is -2.24. The minimum absolute atomic E-state index is 0.0727. The predicted octanol–water partition coefficient (Wildman–Crippen LogP) is 7.99. The lowest BCUT2D eigenvalue weighted by Crippen LogP contribution is -2.41. The van der Waals surface area contributed by atoms with Crippen LogP contribution in [0.1, 0.15) is 93.4 Å². The fraction of sp³-hybridized carbons (Fsp3) is 0.457. The second-order valence-electron chi connectivity index (χ2n) is 15.5. The van der Waals surface area contributed by atoms with Gasteiger partial charge >= 0.3 is 18.3 Å². The van der Waals surface area contributed by atoms with Crippen LogP contribution >= 0.6 is 0 Å². The Hall–Kier alpha value is -4.94. The Kier molecular flexibility index (Phi) is 9.17. The number of ether oxygens (including phenoxy) is 3. The smallest absolute Gasteiger partial charge is 0.435 e. The number of carbonyl (C=O) groups excluding carboxylic acids is 4. The molecule has 1 amide bonds. The molecule has 4 rings (SSSR count). The quantitative estimate of drug-likeness (QED) is 0.218. The number of benzene rings is 1. The van der Waals surface area contributed by atoms with Crippen molar-refractivity contribution in [2.45, 2.75) is 105 Å². The van der Waals surface area contributed by atoms with E-state index in [1.807, 2.05) is 20.8 Å². The topological polar surface area (TPSA) is 136 Å². The number of rotatable bonds is 3. The van der Waals surface area contributed by atoms with E-state index in [4.69, 9.17) is 14.2 Å². The molecule has 0 aliphatic carbocycles. The first kappa shape index (κ1) is 35.9. The predicted molar refractivity (Wildman–Crippen MR) is 179 cm³/mol. The molecule has 1 N–H and O–H groups in total. The number of nitrogens with one attached hydrogen (secondary N) is 1. The van der Waals surface area contributed by atoms with Crippen LogP contribution in [0.25, 0.3) is 33.4 Å². The van der Waals surface area contributed by atoms with E-state index in [2.05, 4.69) is 10.4 Å². The van der Waals surface area contributed by atoms with Crippen molar-refractivity contribution in [1.29, 1.82) is 0 Å². The molecular weight excluding hydrogens is 621 g/mol. The van der Waals surface area contributed by atoms with Crippen molar-refractivity contribution < 1.29 is 37.8 Å². The molecule has 12 nitrogen and oxygen atoms in total. The van der Waals surface area contributed by atoms with Gasteiger partial charge in [0.05, 0.1) is 23.0 Å². The van der Waals surface area contributed by atoms with Gasteiger partial charge < -0.3 is 19.5 Å². The molecule has 258 valence electrons. The third-order valence-electron chi connectivity index (χ3n) is 6.41. The van der Waals surface area contributed by atoms with E-state index in [1.165, 1.54) is 23.0 Å². The zero-order valence-corrected chi connectivity index (χ0v) is 29.6. The molecule has 3 aromatic heterocycles. The molecule has 48 heavy (non-hydrogen) atoms. The first-order chi connectivity index (χ1) is 21.8. The Morgan fingerprint density at radius 1 is 0.688 bits per heavy atom. The molecule has 4 aromatic rings. The maximum atomic E-state index is 15.7. The molecule has 0 fully saturated rings. The Morgan fingerprint density at radius 2 is 1.21 bits per heavy atom. The van der Waals surface area contributed by atoms with Crippen LogP contribution in [0.4, 0.5) is 18.8 Å². The number of aromatic nitrogens is 4. The maximum absolute atomic E-state index is 15.7. The number of halogens is 1. The van der Waals surface area contributed by atoms with Gasteiger partial charge in [-0.1, -0.05) is 0 Å². The molecule has 3 heterocycles. The number of hydrogen-bond acceptors (Lipinski definition) is 8. The second kappa shape index (κ2) is 12.3. The molecular formula is C35H44FN5O7. The molecule has 0 saturated carbocycles. The van der Waals surface area contributed by atoms with Gasteiger partial charge in [-0.05, 0) is 107 Å². The molecule has 0 bridgehead atoms. The highest BCUT2D eigenvalue weighted by Gasteiger charge is 2.32. The van der Waals surface area contributed by atoms with E-state index >= 15 is 4.39 Å². The normalized spacial score (nSPS) is 12.6. The monoisotopic (exact) mass is 665 g/mol. The highest BCUT2D eigenvalue weighted by atomic mass is 19.1. The first-order valence-corrected chi connectivity index (χ1v) is 15.5. The minimum Gasteiger partial charge on any atom is -0.443 e. The summed E-state index contributed by atoms with van der Waals surface area (Å²) in [6.45, 7) is 20.8. The number of fused-ring (bicyclic) bond motifs is 1. The SMILES string of the molecule is CC(C)(C)NC(=O)c1c(-c2c(-c3nn(C(=O)OC(C)(C)C)cc3F)ccn2C(=O)OC(C)(C)C)ccc2c1ccn2C(=O)OC(C)(C)C. The lowest BCUT2D eigenvalue weighted by molar-refractivity contribution is 0.0508. The van der Waals surface area contributed by atoms with E-state index < -0.39 is 52.3 Å². The summed E-state index contributed by atoms with van der Waals surface area (Å²) in [6.07, 6.45) is 1.40. The lowest BCUT2D eigenvalue weighted by atomic mass is 9.95. The van der Waals surface area contributed by atoms with Crippen LogP contribution < -0.4 is 5.32 Å². The number of amides is 1. The number of hydrogen-bond donors (Lipinski definition) is 1. The fourth-order valence-corrected chi connectivity index (χ4v) is 4.83. The van der Waals surface area contributed by atoms with Gasteiger partial charge in [0, 0.05) is 34.4 Å². The highest BCUT2D eigenvalue weighted by molar-refractivity contribution is 6.14. The van der Waals surface area contributed by atoms with Crippen molar-refractivity contribution in [3.63, 3.8) is 0 Å². The van der Waals surface area contributed by atoms with Gasteiger partial charge in [-0.2, -0.15) is 9.78 Å². The van der Waals surface area contributed by atoms with E-state index in [-0.39, 0.29) is 28.1 Å². The van der Waals surface area contributed by atoms with Crippen LogP contribution in [-0.2, 0) is 14.2 Å². The average molecular weight is 666 g/mol. The molecule has 0 aliphatic rings. The Balaban J connectivity index is 2.04. The van der Waals surface area contributed by atoms with Gasteiger partial charge in [-0.3, -0.25) is 13.9 Å². The van der Waals surface area contributed by atoms with Gasteiger partial charge in [0.1, 0.15) is 22.5 Å². The van der Waals surface area contributed by atoms with Crippen molar-refractivity contribution in [1.82, 2.24) is 24.2 Å². The summed E-state index contributed by atoms with van der Waals surface area (Å²) < 4.78 is 35.5. The maximum Gasteiger partial charge on any atom is 0.435 e. The standard InChI is InChI=1S/C35H44FN5O7/c1-32(2,3)37-28(42)25-20-15-17-39(29(43)46-33(4,5)6)24(20)14-13-21(25)27-22(16-18-40(27)30(44)47-34(7,8)9)26-23(36)19-41(38-26)31(45)48-35(10,11)12/h13-19H,1-12H3,(H,37,42). The second-order valence-corrected chi connectivity index (χ2v) is 15.5. The summed E-state index contributed by atoms with van der Waals surface area (Å²) in [7, 11) is 0. The van der Waals surface area contributed by atoms with Crippen molar-refractivity contribution in [3.8, 4) is 22.5 Å². The van der Waals surface area contributed by atoms with Crippen molar-refractivity contribution in [3.05, 3.63) is 54.2 Å². The Labute approximate surface area is 279 Å².